The predicted octanol–water partition coefficient (Wildman–Crippen LogP) is 2.57. The third kappa shape index (κ3) is 3.01. The second-order valence-electron chi connectivity index (χ2n) is 3.50. The minimum atomic E-state index is -0.316. The van der Waals surface area contributed by atoms with E-state index >= 15 is 0 Å². The largest absolute Gasteiger partial charge is 0.485 e. The number of hydrogen-bond donors (Lipinski definition) is 1. The van der Waals surface area contributed by atoms with E-state index in [1.807, 2.05) is 38.1 Å². The van der Waals surface area contributed by atoms with Crippen LogP contribution < -0.4 is 10.5 Å². The van der Waals surface area contributed by atoms with Crippen LogP contribution in [0.5, 0.6) is 5.75 Å². The van der Waals surface area contributed by atoms with Crippen LogP contribution in [0.1, 0.15) is 13.8 Å². The topological polar surface area (TPSA) is 35.2 Å². The molecule has 0 aliphatic carbocycles. The molecule has 0 unspecified atom stereocenters. The molecule has 0 amide bonds. The highest BCUT2D eigenvalue weighted by Gasteiger charge is 2.18. The Balaban J connectivity index is 2.80. The fourth-order valence-corrected chi connectivity index (χ4v) is 1.23. The second-order valence-corrected chi connectivity index (χ2v) is 4.35. The average Bonchev–Trinajstić information content (AvgIpc) is 2.09. The van der Waals surface area contributed by atoms with E-state index < -0.39 is 0 Å². The average molecular weight is 244 g/mol. The molecular weight excluding hydrogens is 230 g/mol. The highest BCUT2D eigenvalue weighted by Crippen LogP contribution is 2.27. The summed E-state index contributed by atoms with van der Waals surface area (Å²) in [5.74, 6) is 0.831. The van der Waals surface area contributed by atoms with Gasteiger partial charge in [0.25, 0.3) is 0 Å². The summed E-state index contributed by atoms with van der Waals surface area (Å²) < 4.78 is 6.66. The van der Waals surface area contributed by atoms with Gasteiger partial charge in [0.2, 0.25) is 0 Å². The zero-order valence-electron chi connectivity index (χ0n) is 7.88. The lowest BCUT2D eigenvalue weighted by Gasteiger charge is -2.25. The molecule has 3 heteroatoms. The Hall–Kier alpha value is -0.540. The number of ether oxygens (including phenoxy) is 1. The van der Waals surface area contributed by atoms with Gasteiger partial charge >= 0.3 is 0 Å². The van der Waals surface area contributed by atoms with Crippen molar-refractivity contribution in [3.05, 3.63) is 28.7 Å². The van der Waals surface area contributed by atoms with Gasteiger partial charge in [0.15, 0.2) is 0 Å². The van der Waals surface area contributed by atoms with Gasteiger partial charge in [-0.15, -0.1) is 0 Å². The predicted molar refractivity (Wildman–Crippen MR) is 57.9 cm³/mol. The normalized spacial score (nSPS) is 11.4. The van der Waals surface area contributed by atoms with Crippen molar-refractivity contribution in [2.75, 3.05) is 6.54 Å². The van der Waals surface area contributed by atoms with Crippen molar-refractivity contribution in [3.8, 4) is 5.75 Å². The van der Waals surface area contributed by atoms with Crippen LogP contribution in [0.2, 0.25) is 0 Å². The SMILES string of the molecule is CC(C)(CN)Oc1ccccc1Br. The van der Waals surface area contributed by atoms with Gasteiger partial charge < -0.3 is 10.5 Å². The summed E-state index contributed by atoms with van der Waals surface area (Å²) in [5.41, 5.74) is 5.25. The molecule has 0 aliphatic heterocycles. The first kappa shape index (κ1) is 10.5. The van der Waals surface area contributed by atoms with Crippen LogP contribution in [0.3, 0.4) is 0 Å². The molecule has 0 saturated carbocycles. The summed E-state index contributed by atoms with van der Waals surface area (Å²) in [6.07, 6.45) is 0. The number of nitrogens with two attached hydrogens (primary N) is 1. The fraction of sp³-hybridized carbons (Fsp3) is 0.400. The molecule has 13 heavy (non-hydrogen) atoms. The van der Waals surface area contributed by atoms with Crippen molar-refractivity contribution < 1.29 is 4.74 Å². The zero-order valence-corrected chi connectivity index (χ0v) is 9.47. The molecule has 2 nitrogen and oxygen atoms in total. The third-order valence-corrected chi connectivity index (χ3v) is 2.37. The van der Waals surface area contributed by atoms with Gasteiger partial charge in [-0.2, -0.15) is 0 Å². The standard InChI is InChI=1S/C10H14BrNO/c1-10(2,7-12)13-9-6-4-3-5-8(9)11/h3-6H,7,12H2,1-2H3. The Morgan fingerprint density at radius 1 is 1.38 bits per heavy atom. The highest BCUT2D eigenvalue weighted by molar-refractivity contribution is 9.10. The summed E-state index contributed by atoms with van der Waals surface area (Å²) in [6.45, 7) is 4.42. The van der Waals surface area contributed by atoms with Crippen LogP contribution in [0.4, 0.5) is 0 Å². The van der Waals surface area contributed by atoms with Crippen molar-refractivity contribution in [1.82, 2.24) is 0 Å². The van der Waals surface area contributed by atoms with Gasteiger partial charge in [0.05, 0.1) is 4.47 Å². The molecule has 0 heterocycles. The van der Waals surface area contributed by atoms with Crippen LogP contribution in [0, 0.1) is 0 Å². The molecule has 0 spiro atoms. The molecule has 1 aromatic carbocycles. The Kier molecular flexibility index (Phi) is 3.33. The van der Waals surface area contributed by atoms with Gasteiger partial charge in [-0.1, -0.05) is 12.1 Å². The van der Waals surface area contributed by atoms with Gasteiger partial charge in [0.1, 0.15) is 11.4 Å². The van der Waals surface area contributed by atoms with E-state index in [4.69, 9.17) is 10.5 Å². The van der Waals surface area contributed by atoms with E-state index in [-0.39, 0.29) is 5.60 Å². The van der Waals surface area contributed by atoms with Gasteiger partial charge in [0, 0.05) is 6.54 Å². The molecule has 0 atom stereocenters. The molecule has 0 aromatic heterocycles. The monoisotopic (exact) mass is 243 g/mol. The van der Waals surface area contributed by atoms with Gasteiger partial charge in [-0.25, -0.2) is 0 Å². The van der Waals surface area contributed by atoms with E-state index in [1.54, 1.807) is 0 Å². The van der Waals surface area contributed by atoms with Crippen LogP contribution in [0.15, 0.2) is 28.7 Å². The molecular formula is C10H14BrNO. The maximum atomic E-state index is 5.71. The Morgan fingerprint density at radius 2 is 2.00 bits per heavy atom. The molecule has 0 fully saturated rings. The lowest BCUT2D eigenvalue weighted by atomic mass is 10.1. The maximum Gasteiger partial charge on any atom is 0.134 e. The van der Waals surface area contributed by atoms with Gasteiger partial charge in [-0.05, 0) is 41.9 Å². The minimum Gasteiger partial charge on any atom is -0.485 e. The maximum absolute atomic E-state index is 5.71. The number of rotatable bonds is 3. The van der Waals surface area contributed by atoms with Crippen LogP contribution in [0.25, 0.3) is 0 Å². The lowest BCUT2D eigenvalue weighted by Crippen LogP contribution is -2.37. The molecule has 2 N–H and O–H groups in total. The molecule has 0 saturated heterocycles. The van der Waals surface area contributed by atoms with Gasteiger partial charge in [-0.3, -0.25) is 0 Å². The fourth-order valence-electron chi connectivity index (χ4n) is 0.867. The van der Waals surface area contributed by atoms with E-state index in [2.05, 4.69) is 15.9 Å². The smallest absolute Gasteiger partial charge is 0.134 e. The Bertz CT molecular complexity index is 286. The van der Waals surface area contributed by atoms with Crippen molar-refractivity contribution in [2.45, 2.75) is 19.4 Å². The Labute approximate surface area is 87.2 Å². The first-order valence-corrected chi connectivity index (χ1v) is 4.98. The first-order valence-electron chi connectivity index (χ1n) is 4.19. The number of halogens is 1. The van der Waals surface area contributed by atoms with Crippen LogP contribution >= 0.6 is 15.9 Å². The van der Waals surface area contributed by atoms with Crippen LogP contribution in [-0.2, 0) is 0 Å². The van der Waals surface area contributed by atoms with E-state index in [1.165, 1.54) is 0 Å². The van der Waals surface area contributed by atoms with Crippen LogP contribution in [-0.4, -0.2) is 12.1 Å². The molecule has 0 aliphatic rings. The van der Waals surface area contributed by atoms with Crippen molar-refractivity contribution in [1.29, 1.82) is 0 Å². The second kappa shape index (κ2) is 4.11. The lowest BCUT2D eigenvalue weighted by molar-refractivity contribution is 0.118. The number of para-hydroxylation sites is 1. The zero-order chi connectivity index (χ0) is 9.90. The molecule has 0 bridgehead atoms. The summed E-state index contributed by atoms with van der Waals surface area (Å²) >= 11 is 3.41. The van der Waals surface area contributed by atoms with E-state index in [0.717, 1.165) is 10.2 Å². The number of benzene rings is 1. The highest BCUT2D eigenvalue weighted by atomic mass is 79.9. The van der Waals surface area contributed by atoms with Crippen molar-refractivity contribution >= 4 is 15.9 Å². The van der Waals surface area contributed by atoms with Crippen molar-refractivity contribution in [2.24, 2.45) is 5.73 Å². The summed E-state index contributed by atoms with van der Waals surface area (Å²) in [5, 5.41) is 0. The number of hydrogen-bond acceptors (Lipinski definition) is 2. The molecule has 0 radical (unpaired) electrons. The summed E-state index contributed by atoms with van der Waals surface area (Å²) in [6, 6.07) is 7.75. The third-order valence-electron chi connectivity index (χ3n) is 1.71. The Morgan fingerprint density at radius 3 is 2.54 bits per heavy atom. The summed E-state index contributed by atoms with van der Waals surface area (Å²) in [4.78, 5) is 0. The first-order chi connectivity index (χ1) is 6.05. The minimum absolute atomic E-state index is 0.316. The van der Waals surface area contributed by atoms with E-state index in [9.17, 15) is 0 Å². The quantitative estimate of drug-likeness (QED) is 0.886. The molecule has 1 aromatic rings. The molecule has 1 rings (SSSR count). The van der Waals surface area contributed by atoms with E-state index in [0.29, 0.717) is 6.54 Å². The molecule has 72 valence electrons. The summed E-state index contributed by atoms with van der Waals surface area (Å²) in [7, 11) is 0. The van der Waals surface area contributed by atoms with Crippen molar-refractivity contribution in [3.63, 3.8) is 0 Å².